The van der Waals surface area contributed by atoms with Gasteiger partial charge in [-0.25, -0.2) is 0 Å². The molecule has 1 saturated carbocycles. The number of rotatable bonds is 6. The molecule has 0 aliphatic heterocycles. The lowest BCUT2D eigenvalue weighted by molar-refractivity contribution is -0.114. The average Bonchev–Trinajstić information content (AvgIpc) is 2.68. The van der Waals surface area contributed by atoms with Crippen LogP contribution in [0.3, 0.4) is 0 Å². The van der Waals surface area contributed by atoms with Crippen molar-refractivity contribution in [2.24, 2.45) is 0 Å². The van der Waals surface area contributed by atoms with E-state index in [4.69, 9.17) is 11.6 Å². The van der Waals surface area contributed by atoms with Crippen LogP contribution in [0.4, 0.5) is 11.4 Å². The minimum atomic E-state index is -0.185. The first-order valence-corrected chi connectivity index (χ1v) is 9.68. The number of carbonyl (C=O) groups excluding carboxylic acids is 2. The molecule has 1 aliphatic rings. The molecule has 142 valence electrons. The van der Waals surface area contributed by atoms with E-state index >= 15 is 0 Å². The summed E-state index contributed by atoms with van der Waals surface area (Å²) in [6.07, 6.45) is 5.67. The van der Waals surface area contributed by atoms with E-state index in [2.05, 4.69) is 16.0 Å². The predicted molar refractivity (Wildman–Crippen MR) is 109 cm³/mol. The Morgan fingerprint density at radius 1 is 0.963 bits per heavy atom. The van der Waals surface area contributed by atoms with Crippen LogP contribution in [0.15, 0.2) is 48.5 Å². The fourth-order valence-electron chi connectivity index (χ4n) is 3.21. The molecule has 5 nitrogen and oxygen atoms in total. The lowest BCUT2D eigenvalue weighted by Gasteiger charge is -2.22. The van der Waals surface area contributed by atoms with Crippen molar-refractivity contribution in [1.82, 2.24) is 5.32 Å². The van der Waals surface area contributed by atoms with E-state index in [9.17, 15) is 9.59 Å². The molecule has 0 radical (unpaired) electrons. The van der Waals surface area contributed by atoms with Crippen LogP contribution < -0.4 is 16.0 Å². The monoisotopic (exact) mass is 385 g/mol. The van der Waals surface area contributed by atoms with Gasteiger partial charge in [0.1, 0.15) is 0 Å². The molecule has 6 heteroatoms. The molecule has 2 aromatic rings. The maximum absolute atomic E-state index is 12.4. The van der Waals surface area contributed by atoms with Gasteiger partial charge in [-0.1, -0.05) is 36.9 Å². The Hall–Kier alpha value is -2.53. The Morgan fingerprint density at radius 2 is 1.70 bits per heavy atom. The predicted octanol–water partition coefficient (Wildman–Crippen LogP) is 4.45. The normalized spacial score (nSPS) is 14.4. The first kappa shape index (κ1) is 19.2. The second kappa shape index (κ2) is 9.42. The zero-order valence-electron chi connectivity index (χ0n) is 15.1. The van der Waals surface area contributed by atoms with E-state index in [-0.39, 0.29) is 24.4 Å². The van der Waals surface area contributed by atoms with Gasteiger partial charge in [-0.3, -0.25) is 9.59 Å². The van der Waals surface area contributed by atoms with E-state index in [1.165, 1.54) is 19.3 Å². The topological polar surface area (TPSA) is 70.2 Å². The van der Waals surface area contributed by atoms with Crippen molar-refractivity contribution in [1.29, 1.82) is 0 Å². The van der Waals surface area contributed by atoms with Gasteiger partial charge in [-0.15, -0.1) is 0 Å². The molecule has 2 aromatic carbocycles. The molecule has 27 heavy (non-hydrogen) atoms. The SMILES string of the molecule is O=C(CNc1ccc(Cl)cc1)Nc1cccc(C(=O)NC2CCCCC2)c1. The first-order valence-electron chi connectivity index (χ1n) is 9.30. The van der Waals surface area contributed by atoms with E-state index in [1.54, 1.807) is 36.4 Å². The number of amides is 2. The van der Waals surface area contributed by atoms with Gasteiger partial charge in [0.15, 0.2) is 0 Å². The Balaban J connectivity index is 1.52. The molecule has 0 heterocycles. The summed E-state index contributed by atoms with van der Waals surface area (Å²) < 4.78 is 0. The van der Waals surface area contributed by atoms with Crippen LogP contribution in [0.1, 0.15) is 42.5 Å². The third-order valence-corrected chi connectivity index (χ3v) is 4.90. The largest absolute Gasteiger partial charge is 0.376 e. The summed E-state index contributed by atoms with van der Waals surface area (Å²) in [5.74, 6) is -0.271. The molecule has 0 spiro atoms. The fourth-order valence-corrected chi connectivity index (χ4v) is 3.34. The summed E-state index contributed by atoms with van der Waals surface area (Å²) in [5, 5.41) is 9.59. The number of benzene rings is 2. The molecule has 0 bridgehead atoms. The lowest BCUT2D eigenvalue weighted by atomic mass is 9.95. The van der Waals surface area contributed by atoms with Crippen LogP contribution in [0.2, 0.25) is 5.02 Å². The minimum Gasteiger partial charge on any atom is -0.376 e. The molecule has 0 atom stereocenters. The first-order chi connectivity index (χ1) is 13.1. The molecule has 1 aliphatic carbocycles. The second-order valence-corrected chi connectivity index (χ2v) is 7.23. The van der Waals surface area contributed by atoms with Gasteiger partial charge in [0.05, 0.1) is 6.54 Å². The molecule has 1 fully saturated rings. The Morgan fingerprint density at radius 3 is 2.44 bits per heavy atom. The van der Waals surface area contributed by atoms with Gasteiger partial charge < -0.3 is 16.0 Å². The Bertz CT molecular complexity index is 786. The number of nitrogens with one attached hydrogen (secondary N) is 3. The van der Waals surface area contributed by atoms with Gasteiger partial charge in [0, 0.05) is 28.0 Å². The summed E-state index contributed by atoms with van der Waals surface area (Å²) in [6.45, 7) is 0.125. The van der Waals surface area contributed by atoms with Crippen molar-refractivity contribution < 1.29 is 9.59 Å². The Labute approximate surface area is 164 Å². The molecule has 3 N–H and O–H groups in total. The van der Waals surface area contributed by atoms with E-state index in [0.29, 0.717) is 16.3 Å². The van der Waals surface area contributed by atoms with Crippen molar-refractivity contribution >= 4 is 34.8 Å². The van der Waals surface area contributed by atoms with E-state index in [0.717, 1.165) is 18.5 Å². The van der Waals surface area contributed by atoms with Crippen LogP contribution in [0.5, 0.6) is 0 Å². The zero-order chi connectivity index (χ0) is 19.1. The third kappa shape index (κ3) is 6.00. The van der Waals surface area contributed by atoms with Gasteiger partial charge in [0.2, 0.25) is 5.91 Å². The van der Waals surface area contributed by atoms with Gasteiger partial charge in [-0.2, -0.15) is 0 Å². The van der Waals surface area contributed by atoms with Crippen molar-refractivity contribution in [3.63, 3.8) is 0 Å². The average molecular weight is 386 g/mol. The summed E-state index contributed by atoms with van der Waals surface area (Å²) in [6, 6.07) is 14.4. The summed E-state index contributed by atoms with van der Waals surface area (Å²) in [5.41, 5.74) is 1.98. The van der Waals surface area contributed by atoms with Crippen molar-refractivity contribution in [3.8, 4) is 0 Å². The van der Waals surface area contributed by atoms with Crippen LogP contribution in [-0.2, 0) is 4.79 Å². The number of hydrogen-bond acceptors (Lipinski definition) is 3. The highest BCUT2D eigenvalue weighted by Crippen LogP contribution is 2.18. The molecular formula is C21H24ClN3O2. The van der Waals surface area contributed by atoms with Crippen molar-refractivity contribution in [2.45, 2.75) is 38.1 Å². The maximum atomic E-state index is 12.4. The lowest BCUT2D eigenvalue weighted by Crippen LogP contribution is -2.36. The number of carbonyl (C=O) groups is 2. The quantitative estimate of drug-likeness (QED) is 0.687. The third-order valence-electron chi connectivity index (χ3n) is 4.65. The summed E-state index contributed by atoms with van der Waals surface area (Å²) >= 11 is 5.84. The Kier molecular flexibility index (Phi) is 6.71. The second-order valence-electron chi connectivity index (χ2n) is 6.80. The van der Waals surface area contributed by atoms with Gasteiger partial charge in [0.25, 0.3) is 5.91 Å². The molecule has 0 aromatic heterocycles. The fraction of sp³-hybridized carbons (Fsp3) is 0.333. The van der Waals surface area contributed by atoms with Crippen LogP contribution >= 0.6 is 11.6 Å². The zero-order valence-corrected chi connectivity index (χ0v) is 15.9. The van der Waals surface area contributed by atoms with Crippen LogP contribution in [0.25, 0.3) is 0 Å². The highest BCUT2D eigenvalue weighted by molar-refractivity contribution is 6.30. The number of hydrogen-bond donors (Lipinski definition) is 3. The van der Waals surface area contributed by atoms with Gasteiger partial charge >= 0.3 is 0 Å². The molecule has 3 rings (SSSR count). The van der Waals surface area contributed by atoms with Crippen molar-refractivity contribution in [3.05, 3.63) is 59.1 Å². The smallest absolute Gasteiger partial charge is 0.251 e. The number of halogens is 1. The van der Waals surface area contributed by atoms with E-state index in [1.807, 2.05) is 12.1 Å². The van der Waals surface area contributed by atoms with Crippen LogP contribution in [-0.4, -0.2) is 24.4 Å². The molecular weight excluding hydrogens is 362 g/mol. The van der Waals surface area contributed by atoms with Crippen LogP contribution in [0, 0.1) is 0 Å². The highest BCUT2D eigenvalue weighted by Gasteiger charge is 2.17. The summed E-state index contributed by atoms with van der Waals surface area (Å²) in [7, 11) is 0. The highest BCUT2D eigenvalue weighted by atomic mass is 35.5. The van der Waals surface area contributed by atoms with Gasteiger partial charge in [-0.05, 0) is 55.3 Å². The maximum Gasteiger partial charge on any atom is 0.251 e. The molecule has 0 saturated heterocycles. The van der Waals surface area contributed by atoms with E-state index < -0.39 is 0 Å². The molecule has 0 unspecified atom stereocenters. The number of anilines is 2. The standard InChI is InChI=1S/C21H24ClN3O2/c22-16-9-11-17(12-10-16)23-14-20(26)24-19-8-4-5-15(13-19)21(27)25-18-6-2-1-3-7-18/h4-5,8-13,18,23H,1-3,6-7,14H2,(H,24,26)(H,25,27). The minimum absolute atomic E-state index is 0.0858. The summed E-state index contributed by atoms with van der Waals surface area (Å²) in [4.78, 5) is 24.6. The molecule has 2 amide bonds. The van der Waals surface area contributed by atoms with Crippen molar-refractivity contribution in [2.75, 3.05) is 17.2 Å².